The van der Waals surface area contributed by atoms with Gasteiger partial charge in [0.2, 0.25) is 0 Å². The highest BCUT2D eigenvalue weighted by atomic mass is 32.1. The molecule has 0 atom stereocenters. The summed E-state index contributed by atoms with van der Waals surface area (Å²) < 4.78 is 0. The summed E-state index contributed by atoms with van der Waals surface area (Å²) in [5.74, 6) is 0. The van der Waals surface area contributed by atoms with Crippen molar-refractivity contribution in [1.82, 2.24) is 0 Å². The highest BCUT2D eigenvalue weighted by Gasteiger charge is 2.07. The van der Waals surface area contributed by atoms with Gasteiger partial charge in [-0.25, -0.2) is 0 Å². The standard InChI is InChI=1S/C12H16S2/c1-7-5-8(2)11(9(3)6-7)12(14)10(4)13/h5-6,13-14H,1-4H3/b12-10-. The van der Waals surface area contributed by atoms with Crippen LogP contribution in [0.15, 0.2) is 17.0 Å². The van der Waals surface area contributed by atoms with Crippen LogP contribution in [0, 0.1) is 20.8 Å². The minimum Gasteiger partial charge on any atom is -0.147 e. The first kappa shape index (κ1) is 11.7. The van der Waals surface area contributed by atoms with E-state index in [9.17, 15) is 0 Å². The molecule has 0 fully saturated rings. The van der Waals surface area contributed by atoms with E-state index in [0.29, 0.717) is 0 Å². The van der Waals surface area contributed by atoms with Crippen molar-refractivity contribution in [2.24, 2.45) is 0 Å². The third-order valence-corrected chi connectivity index (χ3v) is 3.22. The second-order valence-electron chi connectivity index (χ2n) is 3.71. The van der Waals surface area contributed by atoms with Gasteiger partial charge in [0.25, 0.3) is 0 Å². The van der Waals surface area contributed by atoms with E-state index in [2.05, 4.69) is 58.2 Å². The Balaban J connectivity index is 3.43. The minimum absolute atomic E-state index is 0.961. The van der Waals surface area contributed by atoms with E-state index in [-0.39, 0.29) is 0 Å². The molecule has 0 radical (unpaired) electrons. The topological polar surface area (TPSA) is 0 Å². The van der Waals surface area contributed by atoms with E-state index in [1.54, 1.807) is 0 Å². The number of benzene rings is 1. The quantitative estimate of drug-likeness (QED) is 0.658. The fourth-order valence-electron chi connectivity index (χ4n) is 1.73. The molecular formula is C12H16S2. The summed E-state index contributed by atoms with van der Waals surface area (Å²) in [4.78, 5) is 1.94. The lowest BCUT2D eigenvalue weighted by molar-refractivity contribution is 1.30. The van der Waals surface area contributed by atoms with Gasteiger partial charge in [0.15, 0.2) is 0 Å². The normalized spacial score (nSPS) is 12.7. The Morgan fingerprint density at radius 3 is 1.79 bits per heavy atom. The van der Waals surface area contributed by atoms with Crippen molar-refractivity contribution in [3.05, 3.63) is 39.3 Å². The fourth-order valence-corrected chi connectivity index (χ4v) is 2.20. The number of rotatable bonds is 1. The Bertz CT molecular complexity index is 362. The summed E-state index contributed by atoms with van der Waals surface area (Å²) in [5.41, 5.74) is 5.04. The Morgan fingerprint density at radius 2 is 1.43 bits per heavy atom. The molecule has 0 heterocycles. The molecule has 0 aliphatic heterocycles. The third-order valence-electron chi connectivity index (χ3n) is 2.26. The van der Waals surface area contributed by atoms with Gasteiger partial charge in [0.1, 0.15) is 0 Å². The zero-order valence-corrected chi connectivity index (χ0v) is 10.8. The molecule has 0 saturated heterocycles. The molecule has 76 valence electrons. The second kappa shape index (κ2) is 4.45. The average Bonchev–Trinajstić information content (AvgIpc) is 2.01. The lowest BCUT2D eigenvalue weighted by Gasteiger charge is -2.12. The molecule has 0 bridgehead atoms. The van der Waals surface area contributed by atoms with E-state index in [0.717, 1.165) is 9.81 Å². The molecule has 14 heavy (non-hydrogen) atoms. The van der Waals surface area contributed by atoms with Crippen molar-refractivity contribution < 1.29 is 0 Å². The summed E-state index contributed by atoms with van der Waals surface area (Å²) >= 11 is 8.82. The van der Waals surface area contributed by atoms with Crippen molar-refractivity contribution in [1.29, 1.82) is 0 Å². The van der Waals surface area contributed by atoms with Gasteiger partial charge in [-0.1, -0.05) is 17.7 Å². The van der Waals surface area contributed by atoms with Crippen LogP contribution in [-0.2, 0) is 0 Å². The molecule has 0 nitrogen and oxygen atoms in total. The van der Waals surface area contributed by atoms with Crippen molar-refractivity contribution in [3.8, 4) is 0 Å². The van der Waals surface area contributed by atoms with Crippen LogP contribution in [0.3, 0.4) is 0 Å². The zero-order valence-electron chi connectivity index (χ0n) is 9.05. The maximum Gasteiger partial charge on any atom is 0.0208 e. The highest BCUT2D eigenvalue weighted by Crippen LogP contribution is 2.30. The number of thiol groups is 2. The lowest BCUT2D eigenvalue weighted by Crippen LogP contribution is -1.92. The van der Waals surface area contributed by atoms with Crippen molar-refractivity contribution >= 4 is 30.2 Å². The molecule has 1 aromatic rings. The number of hydrogen-bond donors (Lipinski definition) is 2. The average molecular weight is 224 g/mol. The summed E-state index contributed by atoms with van der Waals surface area (Å²) in [6.07, 6.45) is 0. The zero-order chi connectivity index (χ0) is 10.9. The maximum absolute atomic E-state index is 4.49. The Hall–Kier alpha value is -0.340. The van der Waals surface area contributed by atoms with Gasteiger partial charge in [0, 0.05) is 4.91 Å². The number of aryl methyl sites for hydroxylation is 3. The first-order valence-electron chi connectivity index (χ1n) is 4.60. The van der Waals surface area contributed by atoms with Crippen LogP contribution >= 0.6 is 25.3 Å². The van der Waals surface area contributed by atoms with E-state index in [1.807, 2.05) is 6.92 Å². The molecule has 1 rings (SSSR count). The van der Waals surface area contributed by atoms with Crippen LogP contribution in [0.25, 0.3) is 4.91 Å². The molecule has 0 spiro atoms. The summed E-state index contributed by atoms with van der Waals surface area (Å²) in [7, 11) is 0. The van der Waals surface area contributed by atoms with E-state index in [4.69, 9.17) is 0 Å². The molecule has 2 heteroatoms. The monoisotopic (exact) mass is 224 g/mol. The van der Waals surface area contributed by atoms with Crippen LogP contribution in [0.5, 0.6) is 0 Å². The van der Waals surface area contributed by atoms with Gasteiger partial charge in [-0.05, 0) is 49.3 Å². The van der Waals surface area contributed by atoms with E-state index < -0.39 is 0 Å². The lowest BCUT2D eigenvalue weighted by atomic mass is 9.99. The highest BCUT2D eigenvalue weighted by molar-refractivity contribution is 7.93. The van der Waals surface area contributed by atoms with Crippen molar-refractivity contribution in [2.75, 3.05) is 0 Å². The smallest absolute Gasteiger partial charge is 0.0208 e. The van der Waals surface area contributed by atoms with Gasteiger partial charge in [0.05, 0.1) is 0 Å². The molecule has 0 unspecified atom stereocenters. The van der Waals surface area contributed by atoms with Crippen LogP contribution in [0.2, 0.25) is 0 Å². The van der Waals surface area contributed by atoms with Crippen LogP contribution in [-0.4, -0.2) is 0 Å². The van der Waals surface area contributed by atoms with Gasteiger partial charge >= 0.3 is 0 Å². The molecule has 0 aliphatic rings. The Labute approximate surface area is 97.2 Å². The van der Waals surface area contributed by atoms with Gasteiger partial charge in [-0.15, -0.1) is 25.3 Å². The third kappa shape index (κ3) is 2.37. The maximum atomic E-state index is 4.49. The predicted molar refractivity (Wildman–Crippen MR) is 71.2 cm³/mol. The molecule has 1 aromatic carbocycles. The number of hydrogen-bond acceptors (Lipinski definition) is 2. The Morgan fingerprint density at radius 1 is 1.00 bits per heavy atom. The van der Waals surface area contributed by atoms with Gasteiger partial charge in [-0.3, -0.25) is 0 Å². The van der Waals surface area contributed by atoms with Gasteiger partial charge < -0.3 is 0 Å². The SMILES string of the molecule is C/C(S)=C(/S)c1c(C)cc(C)cc1C. The summed E-state index contributed by atoms with van der Waals surface area (Å²) in [5, 5.41) is 0. The number of allylic oxidation sites excluding steroid dienone is 1. The van der Waals surface area contributed by atoms with Crippen LogP contribution in [0.1, 0.15) is 29.2 Å². The predicted octanol–water partition coefficient (Wildman–Crippen LogP) is 4.16. The second-order valence-corrected chi connectivity index (χ2v) is 4.83. The molecule has 0 aliphatic carbocycles. The van der Waals surface area contributed by atoms with Crippen LogP contribution in [0.4, 0.5) is 0 Å². The minimum atomic E-state index is 0.961. The summed E-state index contributed by atoms with van der Waals surface area (Å²) in [6.45, 7) is 8.30. The van der Waals surface area contributed by atoms with Gasteiger partial charge in [-0.2, -0.15) is 0 Å². The first-order chi connectivity index (χ1) is 6.43. The molecule has 0 N–H and O–H groups in total. The first-order valence-corrected chi connectivity index (χ1v) is 5.50. The van der Waals surface area contributed by atoms with E-state index in [1.165, 1.54) is 22.3 Å². The Kier molecular flexibility index (Phi) is 3.73. The molecule has 0 saturated carbocycles. The molecular weight excluding hydrogens is 208 g/mol. The van der Waals surface area contributed by atoms with Crippen molar-refractivity contribution in [3.63, 3.8) is 0 Å². The summed E-state index contributed by atoms with van der Waals surface area (Å²) in [6, 6.07) is 4.35. The fraction of sp³-hybridized carbons (Fsp3) is 0.333. The van der Waals surface area contributed by atoms with E-state index >= 15 is 0 Å². The van der Waals surface area contributed by atoms with Crippen LogP contribution < -0.4 is 0 Å². The largest absolute Gasteiger partial charge is 0.147 e. The molecule has 0 amide bonds. The molecule has 0 aromatic heterocycles. The van der Waals surface area contributed by atoms with Crippen molar-refractivity contribution in [2.45, 2.75) is 27.7 Å².